The monoisotopic (exact) mass is 421 g/mol. The summed E-state index contributed by atoms with van der Waals surface area (Å²) in [6.07, 6.45) is 0. The van der Waals surface area contributed by atoms with E-state index in [1.54, 1.807) is 43.3 Å². The van der Waals surface area contributed by atoms with E-state index in [0.29, 0.717) is 16.8 Å². The van der Waals surface area contributed by atoms with Crippen molar-refractivity contribution >= 4 is 21.6 Å². The van der Waals surface area contributed by atoms with Gasteiger partial charge in [0.25, 0.3) is 15.9 Å². The Hall–Kier alpha value is -2.92. The Morgan fingerprint density at radius 3 is 2.00 bits per heavy atom. The van der Waals surface area contributed by atoms with E-state index in [4.69, 9.17) is 0 Å². The molecule has 0 aliphatic heterocycles. The summed E-state index contributed by atoms with van der Waals surface area (Å²) >= 11 is 0. The van der Waals surface area contributed by atoms with Gasteiger partial charge in [-0.3, -0.25) is 4.79 Å². The molecule has 4 nitrogen and oxygen atoms in total. The van der Waals surface area contributed by atoms with Crippen molar-refractivity contribution in [1.29, 1.82) is 0 Å². The number of anilines is 1. The number of hydrogen-bond acceptors (Lipinski definition) is 3. The van der Waals surface area contributed by atoms with Gasteiger partial charge < -0.3 is 0 Å². The lowest BCUT2D eigenvalue weighted by atomic mass is 9.86. The molecule has 0 saturated carbocycles. The molecule has 0 bridgehead atoms. The van der Waals surface area contributed by atoms with Crippen molar-refractivity contribution in [3.63, 3.8) is 0 Å². The molecule has 0 radical (unpaired) electrons. The highest BCUT2D eigenvalue weighted by molar-refractivity contribution is 7.93. The first-order chi connectivity index (χ1) is 14.0. The van der Waals surface area contributed by atoms with Gasteiger partial charge in [-0.15, -0.1) is 0 Å². The van der Waals surface area contributed by atoms with Crippen molar-refractivity contribution in [1.82, 2.24) is 0 Å². The molecule has 0 heterocycles. The van der Waals surface area contributed by atoms with Gasteiger partial charge in [-0.2, -0.15) is 4.31 Å². The molecule has 0 N–H and O–H groups in total. The highest BCUT2D eigenvalue weighted by atomic mass is 32.2. The molecule has 3 aromatic rings. The molecule has 0 atom stereocenters. The van der Waals surface area contributed by atoms with Crippen LogP contribution in [0, 0.1) is 13.8 Å². The first kappa shape index (κ1) is 21.8. The van der Waals surface area contributed by atoms with Crippen molar-refractivity contribution in [2.45, 2.75) is 44.9 Å². The summed E-state index contributed by atoms with van der Waals surface area (Å²) in [6.45, 7) is 9.95. The van der Waals surface area contributed by atoms with E-state index in [1.165, 1.54) is 12.1 Å². The second-order valence-corrected chi connectivity index (χ2v) is 10.3. The molecule has 0 fully saturated rings. The van der Waals surface area contributed by atoms with Crippen LogP contribution in [0.2, 0.25) is 0 Å². The maximum Gasteiger partial charge on any atom is 0.272 e. The summed E-state index contributed by atoms with van der Waals surface area (Å²) in [5.74, 6) is -0.576. The molecule has 0 unspecified atom stereocenters. The number of nitrogens with zero attached hydrogens (tertiary/aromatic N) is 1. The molecule has 156 valence electrons. The molecule has 3 aromatic carbocycles. The molecule has 0 saturated heterocycles. The fourth-order valence-electron chi connectivity index (χ4n) is 3.21. The highest BCUT2D eigenvalue weighted by Gasteiger charge is 2.33. The first-order valence-electron chi connectivity index (χ1n) is 9.84. The number of hydrogen-bond donors (Lipinski definition) is 0. The van der Waals surface area contributed by atoms with Crippen molar-refractivity contribution in [2.75, 3.05) is 4.31 Å². The summed E-state index contributed by atoms with van der Waals surface area (Å²) in [6, 6.07) is 20.7. The Balaban J connectivity index is 2.17. The molecule has 0 aliphatic rings. The number of benzene rings is 3. The number of aryl methyl sites for hydroxylation is 2. The molecule has 1 amide bonds. The third-order valence-electron chi connectivity index (χ3n) is 5.05. The summed E-state index contributed by atoms with van der Waals surface area (Å²) in [5, 5.41) is 0. The Labute approximate surface area is 179 Å². The smallest absolute Gasteiger partial charge is 0.268 e. The minimum Gasteiger partial charge on any atom is -0.268 e. The van der Waals surface area contributed by atoms with Gasteiger partial charge in [0.05, 0.1) is 10.6 Å². The van der Waals surface area contributed by atoms with Crippen LogP contribution in [-0.4, -0.2) is 14.3 Å². The molecular weight excluding hydrogens is 394 g/mol. The fraction of sp³-hybridized carbons (Fsp3) is 0.240. The van der Waals surface area contributed by atoms with Crippen molar-refractivity contribution in [2.24, 2.45) is 0 Å². The zero-order chi connectivity index (χ0) is 22.1. The molecule has 5 heteroatoms. The average molecular weight is 422 g/mol. The Kier molecular flexibility index (Phi) is 5.86. The zero-order valence-corrected chi connectivity index (χ0v) is 18.8. The number of rotatable bonds is 4. The molecule has 0 spiro atoms. The van der Waals surface area contributed by atoms with Gasteiger partial charge in [0, 0.05) is 5.56 Å². The zero-order valence-electron chi connectivity index (χ0n) is 18.0. The van der Waals surface area contributed by atoms with Crippen LogP contribution in [0.1, 0.15) is 47.8 Å². The lowest BCUT2D eigenvalue weighted by molar-refractivity contribution is 0.100. The van der Waals surface area contributed by atoms with Crippen LogP contribution >= 0.6 is 0 Å². The van der Waals surface area contributed by atoms with Crippen molar-refractivity contribution in [3.8, 4) is 0 Å². The first-order valence-corrected chi connectivity index (χ1v) is 11.3. The summed E-state index contributed by atoms with van der Waals surface area (Å²) in [4.78, 5) is 13.6. The molecule has 0 aromatic heterocycles. The molecule has 0 aliphatic carbocycles. The Morgan fingerprint density at radius 2 is 1.43 bits per heavy atom. The predicted molar refractivity (Wildman–Crippen MR) is 121 cm³/mol. The van der Waals surface area contributed by atoms with Gasteiger partial charge >= 0.3 is 0 Å². The van der Waals surface area contributed by atoms with E-state index in [2.05, 4.69) is 20.8 Å². The SMILES string of the molecule is Cc1ccc(C)c(N(C(=O)c2ccc(C(C)(C)C)cc2)S(=O)(=O)c2ccccc2)c1. The average Bonchev–Trinajstić information content (AvgIpc) is 2.70. The summed E-state index contributed by atoms with van der Waals surface area (Å²) < 4.78 is 28.0. The highest BCUT2D eigenvalue weighted by Crippen LogP contribution is 2.30. The minimum absolute atomic E-state index is 0.0650. The van der Waals surface area contributed by atoms with Crippen molar-refractivity contribution < 1.29 is 13.2 Å². The second-order valence-electron chi connectivity index (χ2n) is 8.50. The number of carbonyl (C=O) groups excluding carboxylic acids is 1. The number of carbonyl (C=O) groups is 1. The Morgan fingerprint density at radius 1 is 0.833 bits per heavy atom. The van der Waals surface area contributed by atoms with E-state index in [-0.39, 0.29) is 10.3 Å². The van der Waals surface area contributed by atoms with Gasteiger partial charge in [-0.05, 0) is 66.3 Å². The van der Waals surface area contributed by atoms with Gasteiger partial charge in [0.2, 0.25) is 0 Å². The third kappa shape index (κ3) is 4.31. The largest absolute Gasteiger partial charge is 0.272 e. The molecular formula is C25H27NO3S. The van der Waals surface area contributed by atoms with E-state index in [9.17, 15) is 13.2 Å². The standard InChI is InChI=1S/C25H27NO3S/c1-18-11-12-19(2)23(17-18)26(30(28,29)22-9-7-6-8-10-22)24(27)20-13-15-21(16-14-20)25(3,4)5/h6-17H,1-5H3. The van der Waals surface area contributed by atoms with E-state index in [1.807, 2.05) is 31.2 Å². The molecule has 3 rings (SSSR count). The van der Waals surface area contributed by atoms with E-state index < -0.39 is 15.9 Å². The molecule has 30 heavy (non-hydrogen) atoms. The van der Waals surface area contributed by atoms with Crippen LogP contribution in [0.25, 0.3) is 0 Å². The van der Waals surface area contributed by atoms with Gasteiger partial charge in [-0.25, -0.2) is 8.42 Å². The van der Waals surface area contributed by atoms with Crippen molar-refractivity contribution in [3.05, 3.63) is 95.1 Å². The van der Waals surface area contributed by atoms with Gasteiger partial charge in [-0.1, -0.05) is 63.2 Å². The number of sulfonamides is 1. The topological polar surface area (TPSA) is 54.5 Å². The minimum atomic E-state index is -4.10. The quantitative estimate of drug-likeness (QED) is 0.548. The van der Waals surface area contributed by atoms with Gasteiger partial charge in [0.1, 0.15) is 0 Å². The van der Waals surface area contributed by atoms with Gasteiger partial charge in [0.15, 0.2) is 0 Å². The van der Waals surface area contributed by atoms with Crippen LogP contribution in [-0.2, 0) is 15.4 Å². The lowest BCUT2D eigenvalue weighted by Gasteiger charge is -2.25. The van der Waals surface area contributed by atoms with Crippen LogP contribution in [0.5, 0.6) is 0 Å². The Bertz CT molecular complexity index is 1160. The van der Waals surface area contributed by atoms with Crippen LogP contribution in [0.4, 0.5) is 5.69 Å². The maximum absolute atomic E-state index is 13.5. The maximum atomic E-state index is 13.5. The third-order valence-corrected chi connectivity index (χ3v) is 6.76. The van der Waals surface area contributed by atoms with Crippen LogP contribution in [0.3, 0.4) is 0 Å². The van der Waals surface area contributed by atoms with E-state index >= 15 is 0 Å². The van der Waals surface area contributed by atoms with Crippen LogP contribution in [0.15, 0.2) is 77.7 Å². The summed E-state index contributed by atoms with van der Waals surface area (Å²) in [5.41, 5.74) is 3.28. The van der Waals surface area contributed by atoms with Crippen LogP contribution < -0.4 is 4.31 Å². The predicted octanol–water partition coefficient (Wildman–Crippen LogP) is 5.64. The van der Waals surface area contributed by atoms with E-state index in [0.717, 1.165) is 15.4 Å². The lowest BCUT2D eigenvalue weighted by Crippen LogP contribution is -2.37. The second kappa shape index (κ2) is 8.07. The number of amides is 1. The fourth-order valence-corrected chi connectivity index (χ4v) is 4.71. The summed E-state index contributed by atoms with van der Waals surface area (Å²) in [7, 11) is -4.10. The normalized spacial score (nSPS) is 11.9.